The van der Waals surface area contributed by atoms with E-state index in [9.17, 15) is 4.39 Å². The standard InChI is InChI=1S/C13H9Cl2FN2/c14-12-3-1-2-9(13(12)15)8-17-18-11-6-4-10(16)5-7-11/h1-8,18H/b17-8-. The fourth-order valence-electron chi connectivity index (χ4n) is 1.32. The Hall–Kier alpha value is -1.58. The molecule has 0 aliphatic rings. The SMILES string of the molecule is Fc1ccc(N/N=C\c2cccc(Cl)c2Cl)cc1. The number of halogens is 3. The maximum absolute atomic E-state index is 12.7. The number of anilines is 1. The molecule has 0 unspecified atom stereocenters. The van der Waals surface area contributed by atoms with Gasteiger partial charge in [-0.25, -0.2) is 4.39 Å². The van der Waals surface area contributed by atoms with Crippen LogP contribution in [-0.2, 0) is 0 Å². The Morgan fingerprint density at radius 3 is 2.50 bits per heavy atom. The number of rotatable bonds is 3. The van der Waals surface area contributed by atoms with Crippen LogP contribution >= 0.6 is 23.2 Å². The first-order valence-electron chi connectivity index (χ1n) is 5.15. The van der Waals surface area contributed by atoms with E-state index >= 15 is 0 Å². The number of hydrogen-bond acceptors (Lipinski definition) is 2. The predicted octanol–water partition coefficient (Wildman–Crippen LogP) is 4.58. The maximum Gasteiger partial charge on any atom is 0.123 e. The molecule has 0 heterocycles. The summed E-state index contributed by atoms with van der Waals surface area (Å²) < 4.78 is 12.7. The van der Waals surface area contributed by atoms with E-state index < -0.39 is 0 Å². The first kappa shape index (κ1) is 12.9. The van der Waals surface area contributed by atoms with Crippen molar-refractivity contribution in [3.8, 4) is 0 Å². The Morgan fingerprint density at radius 1 is 1.06 bits per heavy atom. The van der Waals surface area contributed by atoms with Crippen molar-refractivity contribution in [2.24, 2.45) is 5.10 Å². The van der Waals surface area contributed by atoms with Gasteiger partial charge in [0.05, 0.1) is 21.9 Å². The Labute approximate surface area is 114 Å². The third kappa shape index (κ3) is 3.22. The lowest BCUT2D eigenvalue weighted by Crippen LogP contribution is -1.91. The molecule has 0 bridgehead atoms. The Kier molecular flexibility index (Phi) is 4.18. The molecule has 92 valence electrons. The van der Waals surface area contributed by atoms with Crippen LogP contribution in [0.3, 0.4) is 0 Å². The number of hydrogen-bond donors (Lipinski definition) is 1. The van der Waals surface area contributed by atoms with Crippen LogP contribution in [0.2, 0.25) is 10.0 Å². The molecule has 0 atom stereocenters. The van der Waals surface area contributed by atoms with Crippen molar-refractivity contribution in [3.05, 3.63) is 63.9 Å². The van der Waals surface area contributed by atoms with Crippen molar-refractivity contribution in [3.63, 3.8) is 0 Å². The number of nitrogens with one attached hydrogen (secondary N) is 1. The van der Waals surface area contributed by atoms with Gasteiger partial charge in [0.1, 0.15) is 5.82 Å². The number of hydrazone groups is 1. The van der Waals surface area contributed by atoms with E-state index in [1.165, 1.54) is 12.1 Å². The molecule has 0 aliphatic heterocycles. The summed E-state index contributed by atoms with van der Waals surface area (Å²) in [5, 5.41) is 4.93. The minimum atomic E-state index is -0.289. The fourth-order valence-corrected chi connectivity index (χ4v) is 1.68. The summed E-state index contributed by atoms with van der Waals surface area (Å²) in [7, 11) is 0. The van der Waals surface area contributed by atoms with Gasteiger partial charge in [-0.3, -0.25) is 5.43 Å². The average molecular weight is 283 g/mol. The monoisotopic (exact) mass is 282 g/mol. The second-order valence-electron chi connectivity index (χ2n) is 3.52. The molecule has 2 nitrogen and oxygen atoms in total. The lowest BCUT2D eigenvalue weighted by molar-refractivity contribution is 0.628. The van der Waals surface area contributed by atoms with Gasteiger partial charge in [0.25, 0.3) is 0 Å². The Balaban J connectivity index is 2.07. The molecule has 0 aliphatic carbocycles. The van der Waals surface area contributed by atoms with Crippen molar-refractivity contribution in [2.75, 3.05) is 5.43 Å². The van der Waals surface area contributed by atoms with Crippen molar-refractivity contribution >= 4 is 35.1 Å². The first-order valence-corrected chi connectivity index (χ1v) is 5.91. The normalized spacial score (nSPS) is 10.8. The molecule has 0 amide bonds. The molecule has 2 aromatic carbocycles. The van der Waals surface area contributed by atoms with Gasteiger partial charge in [0.2, 0.25) is 0 Å². The van der Waals surface area contributed by atoms with Crippen molar-refractivity contribution < 1.29 is 4.39 Å². The molecular weight excluding hydrogens is 274 g/mol. The van der Waals surface area contributed by atoms with Gasteiger partial charge in [-0.15, -0.1) is 0 Å². The highest BCUT2D eigenvalue weighted by Gasteiger charge is 2.01. The third-order valence-electron chi connectivity index (χ3n) is 2.22. The molecular formula is C13H9Cl2FN2. The van der Waals surface area contributed by atoms with Gasteiger partial charge >= 0.3 is 0 Å². The van der Waals surface area contributed by atoms with E-state index in [0.717, 1.165) is 0 Å². The highest BCUT2D eigenvalue weighted by atomic mass is 35.5. The van der Waals surface area contributed by atoms with Crippen LogP contribution in [0.25, 0.3) is 0 Å². The summed E-state index contributed by atoms with van der Waals surface area (Å²) in [6.07, 6.45) is 1.55. The molecule has 0 saturated carbocycles. The lowest BCUT2D eigenvalue weighted by Gasteiger charge is -2.01. The smallest absolute Gasteiger partial charge is 0.123 e. The topological polar surface area (TPSA) is 24.4 Å². The summed E-state index contributed by atoms with van der Waals surface area (Å²) >= 11 is 11.9. The van der Waals surface area contributed by atoms with E-state index in [4.69, 9.17) is 23.2 Å². The summed E-state index contributed by atoms with van der Waals surface area (Å²) in [6, 6.07) is 11.2. The van der Waals surface area contributed by atoms with Crippen molar-refractivity contribution in [2.45, 2.75) is 0 Å². The first-order chi connectivity index (χ1) is 8.66. The zero-order valence-electron chi connectivity index (χ0n) is 9.20. The number of benzene rings is 2. The van der Waals surface area contributed by atoms with E-state index in [1.54, 1.807) is 36.5 Å². The average Bonchev–Trinajstić information content (AvgIpc) is 2.37. The second kappa shape index (κ2) is 5.85. The van der Waals surface area contributed by atoms with Crippen molar-refractivity contribution in [1.82, 2.24) is 0 Å². The highest BCUT2D eigenvalue weighted by molar-refractivity contribution is 6.43. The molecule has 0 aromatic heterocycles. The molecule has 5 heteroatoms. The summed E-state index contributed by atoms with van der Waals surface area (Å²) in [4.78, 5) is 0. The van der Waals surface area contributed by atoms with Gasteiger partial charge < -0.3 is 0 Å². The Bertz CT molecular complexity index is 568. The molecule has 18 heavy (non-hydrogen) atoms. The highest BCUT2D eigenvalue weighted by Crippen LogP contribution is 2.24. The van der Waals surface area contributed by atoms with Gasteiger partial charge in [-0.05, 0) is 30.3 Å². The molecule has 0 fully saturated rings. The fraction of sp³-hybridized carbons (Fsp3) is 0. The van der Waals surface area contributed by atoms with Crippen LogP contribution in [0.1, 0.15) is 5.56 Å². The van der Waals surface area contributed by atoms with Gasteiger partial charge in [-0.1, -0.05) is 35.3 Å². The lowest BCUT2D eigenvalue weighted by atomic mass is 10.2. The van der Waals surface area contributed by atoms with Gasteiger partial charge in [0.15, 0.2) is 0 Å². The van der Waals surface area contributed by atoms with E-state index in [1.807, 2.05) is 0 Å². The Morgan fingerprint density at radius 2 is 1.78 bits per heavy atom. The quantitative estimate of drug-likeness (QED) is 0.647. The van der Waals surface area contributed by atoms with Crippen LogP contribution in [0.5, 0.6) is 0 Å². The van der Waals surface area contributed by atoms with E-state index in [0.29, 0.717) is 21.3 Å². The van der Waals surface area contributed by atoms with Crippen molar-refractivity contribution in [1.29, 1.82) is 0 Å². The van der Waals surface area contributed by atoms with Crippen LogP contribution in [0, 0.1) is 5.82 Å². The largest absolute Gasteiger partial charge is 0.279 e. The summed E-state index contributed by atoms with van der Waals surface area (Å²) in [6.45, 7) is 0. The number of nitrogens with zero attached hydrogens (tertiary/aromatic N) is 1. The molecule has 0 spiro atoms. The zero-order chi connectivity index (χ0) is 13.0. The second-order valence-corrected chi connectivity index (χ2v) is 4.31. The summed E-state index contributed by atoms with van der Waals surface area (Å²) in [5.74, 6) is -0.289. The zero-order valence-corrected chi connectivity index (χ0v) is 10.7. The molecule has 0 saturated heterocycles. The van der Waals surface area contributed by atoms with Crippen LogP contribution in [0.4, 0.5) is 10.1 Å². The molecule has 2 aromatic rings. The maximum atomic E-state index is 12.7. The van der Waals surface area contributed by atoms with Crippen LogP contribution in [-0.4, -0.2) is 6.21 Å². The molecule has 1 N–H and O–H groups in total. The minimum absolute atomic E-state index is 0.289. The van der Waals surface area contributed by atoms with E-state index in [-0.39, 0.29) is 5.82 Å². The van der Waals surface area contributed by atoms with Gasteiger partial charge in [-0.2, -0.15) is 5.10 Å². The summed E-state index contributed by atoms with van der Waals surface area (Å²) in [5.41, 5.74) is 4.16. The van der Waals surface area contributed by atoms with E-state index in [2.05, 4.69) is 10.5 Å². The van der Waals surface area contributed by atoms with Crippen LogP contribution < -0.4 is 5.43 Å². The third-order valence-corrected chi connectivity index (χ3v) is 3.06. The molecule has 0 radical (unpaired) electrons. The van der Waals surface area contributed by atoms with Gasteiger partial charge in [0, 0.05) is 5.56 Å². The molecule has 2 rings (SSSR count). The van der Waals surface area contributed by atoms with Crippen LogP contribution in [0.15, 0.2) is 47.6 Å². The minimum Gasteiger partial charge on any atom is -0.279 e. The predicted molar refractivity (Wildman–Crippen MR) is 74.1 cm³/mol.